The van der Waals surface area contributed by atoms with Gasteiger partial charge < -0.3 is 9.30 Å². The van der Waals surface area contributed by atoms with Gasteiger partial charge in [0, 0.05) is 18.0 Å². The quantitative estimate of drug-likeness (QED) is 0.327. The predicted molar refractivity (Wildman–Crippen MR) is 126 cm³/mol. The average molecular weight is 409 g/mol. The van der Waals surface area contributed by atoms with Crippen molar-refractivity contribution in [3.63, 3.8) is 0 Å². The van der Waals surface area contributed by atoms with Gasteiger partial charge in [0.15, 0.2) is 5.78 Å². The number of hydrogen-bond acceptors (Lipinski definition) is 3. The summed E-state index contributed by atoms with van der Waals surface area (Å²) < 4.78 is 6.72. The molecule has 154 valence electrons. The topological polar surface area (TPSA) is 48.3 Å². The third kappa shape index (κ3) is 3.92. The SMILES string of the molecule is COc1ccc(/C=C/C(=O)c2c(-c3ccccc3)c3cc(C)ccc3n(C)c2=O)cc1. The van der Waals surface area contributed by atoms with E-state index in [4.69, 9.17) is 4.74 Å². The highest BCUT2D eigenvalue weighted by Crippen LogP contribution is 2.31. The van der Waals surface area contributed by atoms with Crippen LogP contribution in [0.3, 0.4) is 0 Å². The van der Waals surface area contributed by atoms with Gasteiger partial charge in [0.2, 0.25) is 0 Å². The smallest absolute Gasteiger partial charge is 0.262 e. The van der Waals surface area contributed by atoms with Crippen molar-refractivity contribution in [1.29, 1.82) is 0 Å². The van der Waals surface area contributed by atoms with Gasteiger partial charge in [0.1, 0.15) is 5.75 Å². The van der Waals surface area contributed by atoms with Gasteiger partial charge in [-0.2, -0.15) is 0 Å². The molecular weight excluding hydrogens is 386 g/mol. The number of carbonyl (C=O) groups is 1. The number of ether oxygens (including phenoxy) is 1. The van der Waals surface area contributed by atoms with Gasteiger partial charge in [-0.25, -0.2) is 0 Å². The third-order valence-electron chi connectivity index (χ3n) is 5.40. The van der Waals surface area contributed by atoms with E-state index in [9.17, 15) is 9.59 Å². The van der Waals surface area contributed by atoms with E-state index in [1.54, 1.807) is 24.8 Å². The molecule has 0 bridgehead atoms. The van der Waals surface area contributed by atoms with Crippen LogP contribution >= 0.6 is 0 Å². The summed E-state index contributed by atoms with van der Waals surface area (Å²) in [6.07, 6.45) is 3.18. The highest BCUT2D eigenvalue weighted by molar-refractivity contribution is 6.15. The Balaban J connectivity index is 1.92. The largest absolute Gasteiger partial charge is 0.497 e. The van der Waals surface area contributed by atoms with Crippen LogP contribution in [-0.2, 0) is 7.05 Å². The molecule has 0 atom stereocenters. The molecule has 0 unspecified atom stereocenters. The number of rotatable bonds is 5. The first kappa shape index (κ1) is 20.4. The number of methoxy groups -OCH3 is 1. The van der Waals surface area contributed by atoms with E-state index in [1.165, 1.54) is 6.08 Å². The van der Waals surface area contributed by atoms with Crippen molar-refractivity contribution in [1.82, 2.24) is 4.57 Å². The molecule has 0 aliphatic heterocycles. The fourth-order valence-electron chi connectivity index (χ4n) is 3.76. The van der Waals surface area contributed by atoms with Crippen LogP contribution in [0.5, 0.6) is 5.75 Å². The number of hydrogen-bond donors (Lipinski definition) is 0. The van der Waals surface area contributed by atoms with E-state index in [2.05, 4.69) is 0 Å². The Bertz CT molecular complexity index is 1350. The number of benzene rings is 3. The number of nitrogens with zero attached hydrogens (tertiary/aromatic N) is 1. The molecule has 0 aliphatic rings. The zero-order valence-corrected chi connectivity index (χ0v) is 17.8. The maximum absolute atomic E-state index is 13.3. The van der Waals surface area contributed by atoms with E-state index in [0.29, 0.717) is 5.56 Å². The summed E-state index contributed by atoms with van der Waals surface area (Å²) in [6, 6.07) is 22.9. The molecule has 0 saturated carbocycles. The van der Waals surface area contributed by atoms with E-state index in [1.807, 2.05) is 79.7 Å². The fourth-order valence-corrected chi connectivity index (χ4v) is 3.76. The molecule has 31 heavy (non-hydrogen) atoms. The van der Waals surface area contributed by atoms with Gasteiger partial charge in [-0.15, -0.1) is 0 Å². The Morgan fingerprint density at radius 1 is 0.968 bits per heavy atom. The molecule has 0 fully saturated rings. The van der Waals surface area contributed by atoms with E-state index >= 15 is 0 Å². The molecule has 3 aromatic carbocycles. The number of ketones is 1. The van der Waals surface area contributed by atoms with Crippen molar-refractivity contribution < 1.29 is 9.53 Å². The Labute approximate surface area is 181 Å². The molecular formula is C27H23NO3. The van der Waals surface area contributed by atoms with Crippen LogP contribution < -0.4 is 10.3 Å². The summed E-state index contributed by atoms with van der Waals surface area (Å²) in [5.41, 5.74) is 4.10. The number of aromatic nitrogens is 1. The second kappa shape index (κ2) is 8.44. The van der Waals surface area contributed by atoms with Crippen LogP contribution in [-0.4, -0.2) is 17.5 Å². The van der Waals surface area contributed by atoms with Gasteiger partial charge >= 0.3 is 0 Å². The van der Waals surface area contributed by atoms with Crippen LogP contribution in [0.25, 0.3) is 28.1 Å². The Morgan fingerprint density at radius 3 is 2.35 bits per heavy atom. The molecule has 4 nitrogen and oxygen atoms in total. The first-order chi connectivity index (χ1) is 15.0. The third-order valence-corrected chi connectivity index (χ3v) is 5.40. The summed E-state index contributed by atoms with van der Waals surface area (Å²) in [5.74, 6) is 0.423. The summed E-state index contributed by atoms with van der Waals surface area (Å²) in [7, 11) is 3.31. The number of pyridine rings is 1. The molecule has 0 saturated heterocycles. The number of allylic oxidation sites excluding steroid dienone is 1. The summed E-state index contributed by atoms with van der Waals surface area (Å²) in [6.45, 7) is 2.00. The number of aryl methyl sites for hydroxylation is 2. The Hall–Kier alpha value is -3.92. The van der Waals surface area contributed by atoms with Crippen molar-refractivity contribution >= 4 is 22.8 Å². The minimum absolute atomic E-state index is 0.177. The number of carbonyl (C=O) groups excluding carboxylic acids is 1. The van der Waals surface area contributed by atoms with E-state index < -0.39 is 0 Å². The maximum atomic E-state index is 13.3. The average Bonchev–Trinajstić information content (AvgIpc) is 2.80. The molecule has 0 radical (unpaired) electrons. The monoisotopic (exact) mass is 409 g/mol. The summed E-state index contributed by atoms with van der Waals surface area (Å²) in [5, 5.41) is 0.884. The highest BCUT2D eigenvalue weighted by atomic mass is 16.5. The molecule has 4 aromatic rings. The lowest BCUT2D eigenvalue weighted by Gasteiger charge is -2.15. The molecule has 4 rings (SSSR count). The second-order valence-electron chi connectivity index (χ2n) is 7.47. The van der Waals surface area contributed by atoms with Crippen LogP contribution in [0.2, 0.25) is 0 Å². The Kier molecular flexibility index (Phi) is 5.54. The van der Waals surface area contributed by atoms with Crippen molar-refractivity contribution in [3.05, 3.63) is 106 Å². The van der Waals surface area contributed by atoms with Gasteiger partial charge in [-0.1, -0.05) is 60.2 Å². The molecule has 1 heterocycles. The van der Waals surface area contributed by atoms with Crippen molar-refractivity contribution in [2.24, 2.45) is 7.05 Å². The normalized spacial score (nSPS) is 11.2. The van der Waals surface area contributed by atoms with Crippen LogP contribution in [0.4, 0.5) is 0 Å². The molecule has 0 amide bonds. The minimum Gasteiger partial charge on any atom is -0.497 e. The highest BCUT2D eigenvalue weighted by Gasteiger charge is 2.21. The van der Waals surface area contributed by atoms with Crippen molar-refractivity contribution in [3.8, 4) is 16.9 Å². The van der Waals surface area contributed by atoms with Gasteiger partial charge in [-0.3, -0.25) is 9.59 Å². The zero-order chi connectivity index (χ0) is 22.0. The van der Waals surface area contributed by atoms with Crippen molar-refractivity contribution in [2.75, 3.05) is 7.11 Å². The van der Waals surface area contributed by atoms with Gasteiger partial charge in [-0.05, 0) is 48.4 Å². The van der Waals surface area contributed by atoms with Gasteiger partial charge in [0.05, 0.1) is 18.2 Å². The Morgan fingerprint density at radius 2 is 1.68 bits per heavy atom. The lowest BCUT2D eigenvalue weighted by Crippen LogP contribution is -2.25. The first-order valence-electron chi connectivity index (χ1n) is 10.0. The predicted octanol–water partition coefficient (Wildman–Crippen LogP) is 5.42. The standard InChI is InChI=1S/C27H23NO3/c1-18-9-15-23-22(17-18)25(20-7-5-4-6-8-20)26(27(30)28(23)2)24(29)16-12-19-10-13-21(31-3)14-11-19/h4-17H,1-3H3/b16-12+. The summed E-state index contributed by atoms with van der Waals surface area (Å²) >= 11 is 0. The van der Waals surface area contributed by atoms with Gasteiger partial charge in [0.25, 0.3) is 5.56 Å². The minimum atomic E-state index is -0.321. The van der Waals surface area contributed by atoms with Crippen LogP contribution in [0.15, 0.2) is 83.7 Å². The molecule has 4 heteroatoms. The lowest BCUT2D eigenvalue weighted by molar-refractivity contribution is 0.104. The molecule has 0 spiro atoms. The fraction of sp³-hybridized carbons (Fsp3) is 0.111. The van der Waals surface area contributed by atoms with E-state index in [0.717, 1.165) is 33.3 Å². The molecule has 1 aromatic heterocycles. The first-order valence-corrected chi connectivity index (χ1v) is 10.0. The zero-order valence-electron chi connectivity index (χ0n) is 17.8. The number of fused-ring (bicyclic) bond motifs is 1. The lowest BCUT2D eigenvalue weighted by atomic mass is 9.93. The van der Waals surface area contributed by atoms with Crippen LogP contribution in [0, 0.1) is 6.92 Å². The van der Waals surface area contributed by atoms with Crippen LogP contribution in [0.1, 0.15) is 21.5 Å². The van der Waals surface area contributed by atoms with Crippen molar-refractivity contribution in [2.45, 2.75) is 6.92 Å². The van der Waals surface area contributed by atoms with E-state index in [-0.39, 0.29) is 16.9 Å². The second-order valence-corrected chi connectivity index (χ2v) is 7.47. The maximum Gasteiger partial charge on any atom is 0.262 e. The molecule has 0 N–H and O–H groups in total. The molecule has 0 aliphatic carbocycles. The summed E-state index contributed by atoms with van der Waals surface area (Å²) in [4.78, 5) is 26.6.